The van der Waals surface area contributed by atoms with Crippen LogP contribution in [0, 0.1) is 0 Å². The Hall–Kier alpha value is -1.56. The molecule has 6 heteroatoms. The highest BCUT2D eigenvalue weighted by molar-refractivity contribution is 5.88. The summed E-state index contributed by atoms with van der Waals surface area (Å²) in [4.78, 5) is 10.9. The second-order valence-corrected chi connectivity index (χ2v) is 4.53. The standard InChI is InChI=1S/C13H13F3O3/c14-13(15,16)11-6-9(5-10(7-11)12(17)18)8-1-3-19-4-2-8/h5-8H,1-4H2,(H,17,18). The van der Waals surface area contributed by atoms with Gasteiger partial charge in [-0.15, -0.1) is 0 Å². The van der Waals surface area contributed by atoms with Gasteiger partial charge in [0.15, 0.2) is 0 Å². The van der Waals surface area contributed by atoms with Crippen LogP contribution in [0.2, 0.25) is 0 Å². The van der Waals surface area contributed by atoms with Crippen molar-refractivity contribution in [1.82, 2.24) is 0 Å². The number of aromatic carboxylic acids is 1. The van der Waals surface area contributed by atoms with Gasteiger partial charge in [0.1, 0.15) is 0 Å². The van der Waals surface area contributed by atoms with E-state index in [9.17, 15) is 18.0 Å². The molecule has 1 heterocycles. The zero-order chi connectivity index (χ0) is 14.0. The minimum absolute atomic E-state index is 0.0749. The van der Waals surface area contributed by atoms with Crippen molar-refractivity contribution in [2.45, 2.75) is 24.9 Å². The summed E-state index contributed by atoms with van der Waals surface area (Å²) in [5, 5.41) is 8.91. The molecule has 1 aliphatic heterocycles. The number of alkyl halides is 3. The van der Waals surface area contributed by atoms with Gasteiger partial charge in [-0.2, -0.15) is 13.2 Å². The Bertz CT molecular complexity index is 477. The van der Waals surface area contributed by atoms with E-state index in [1.165, 1.54) is 6.07 Å². The van der Waals surface area contributed by atoms with Crippen molar-refractivity contribution in [3.63, 3.8) is 0 Å². The summed E-state index contributed by atoms with van der Waals surface area (Å²) in [5.74, 6) is -1.42. The lowest BCUT2D eigenvalue weighted by Crippen LogP contribution is -2.16. The molecule has 19 heavy (non-hydrogen) atoms. The number of carboxylic acids is 1. The maximum absolute atomic E-state index is 12.8. The fourth-order valence-electron chi connectivity index (χ4n) is 2.21. The van der Waals surface area contributed by atoms with Crippen LogP contribution >= 0.6 is 0 Å². The van der Waals surface area contributed by atoms with Crippen LogP contribution in [-0.4, -0.2) is 24.3 Å². The normalized spacial score (nSPS) is 17.4. The van der Waals surface area contributed by atoms with Gasteiger partial charge in [-0.25, -0.2) is 4.79 Å². The summed E-state index contributed by atoms with van der Waals surface area (Å²) in [5.41, 5.74) is -0.805. The smallest absolute Gasteiger partial charge is 0.416 e. The van der Waals surface area contributed by atoms with Crippen molar-refractivity contribution in [3.05, 3.63) is 34.9 Å². The third kappa shape index (κ3) is 3.26. The van der Waals surface area contributed by atoms with Crippen LogP contribution in [0.1, 0.15) is 40.2 Å². The third-order valence-corrected chi connectivity index (χ3v) is 3.22. The second kappa shape index (κ2) is 5.21. The number of ether oxygens (including phenoxy) is 1. The molecule has 0 aliphatic carbocycles. The van der Waals surface area contributed by atoms with Gasteiger partial charge >= 0.3 is 12.1 Å². The van der Waals surface area contributed by atoms with E-state index in [1.807, 2.05) is 0 Å². The predicted molar refractivity (Wildman–Crippen MR) is 61.2 cm³/mol. The highest BCUT2D eigenvalue weighted by Crippen LogP contribution is 2.34. The molecule has 1 fully saturated rings. The molecule has 1 N–H and O–H groups in total. The van der Waals surface area contributed by atoms with Gasteiger partial charge in [0.2, 0.25) is 0 Å². The van der Waals surface area contributed by atoms with Crippen LogP contribution in [0.15, 0.2) is 18.2 Å². The Balaban J connectivity index is 2.41. The Morgan fingerprint density at radius 3 is 2.37 bits per heavy atom. The lowest BCUT2D eigenvalue weighted by Gasteiger charge is -2.23. The molecule has 0 aromatic heterocycles. The second-order valence-electron chi connectivity index (χ2n) is 4.53. The molecule has 1 saturated heterocycles. The molecule has 0 radical (unpaired) electrons. The topological polar surface area (TPSA) is 46.5 Å². The number of carboxylic acid groups (broad SMARTS) is 1. The van der Waals surface area contributed by atoms with Crippen molar-refractivity contribution >= 4 is 5.97 Å². The van der Waals surface area contributed by atoms with E-state index in [2.05, 4.69) is 0 Å². The summed E-state index contributed by atoms with van der Waals surface area (Å²) in [6, 6.07) is 3.04. The van der Waals surface area contributed by atoms with E-state index in [0.29, 0.717) is 37.7 Å². The molecule has 3 nitrogen and oxygen atoms in total. The number of rotatable bonds is 2. The molecule has 104 valence electrons. The van der Waals surface area contributed by atoms with Gasteiger partial charge in [0, 0.05) is 13.2 Å². The Kier molecular flexibility index (Phi) is 3.80. The summed E-state index contributed by atoms with van der Waals surface area (Å²) >= 11 is 0. The van der Waals surface area contributed by atoms with E-state index in [-0.39, 0.29) is 11.5 Å². The first kappa shape index (κ1) is 13.9. The summed E-state index contributed by atoms with van der Waals surface area (Å²) in [7, 11) is 0. The monoisotopic (exact) mass is 274 g/mol. The predicted octanol–water partition coefficient (Wildman–Crippen LogP) is 3.30. The van der Waals surface area contributed by atoms with Crippen LogP contribution in [0.5, 0.6) is 0 Å². The van der Waals surface area contributed by atoms with E-state index in [0.717, 1.165) is 6.07 Å². The summed E-state index contributed by atoms with van der Waals surface area (Å²) in [6.45, 7) is 0.979. The molecule has 0 amide bonds. The van der Waals surface area contributed by atoms with Crippen LogP contribution < -0.4 is 0 Å². The zero-order valence-corrected chi connectivity index (χ0v) is 10.0. The Morgan fingerprint density at radius 1 is 1.21 bits per heavy atom. The first-order chi connectivity index (χ1) is 8.88. The van der Waals surface area contributed by atoms with Crippen molar-refractivity contribution in [1.29, 1.82) is 0 Å². The highest BCUT2D eigenvalue weighted by Gasteiger charge is 2.32. The zero-order valence-electron chi connectivity index (χ0n) is 10.0. The van der Waals surface area contributed by atoms with Crippen molar-refractivity contribution in [3.8, 4) is 0 Å². The van der Waals surface area contributed by atoms with Crippen LogP contribution in [-0.2, 0) is 10.9 Å². The minimum Gasteiger partial charge on any atom is -0.478 e. The van der Waals surface area contributed by atoms with Crippen LogP contribution in [0.25, 0.3) is 0 Å². The fraction of sp³-hybridized carbons (Fsp3) is 0.462. The average molecular weight is 274 g/mol. The van der Waals surface area contributed by atoms with Gasteiger partial charge in [-0.1, -0.05) is 0 Å². The van der Waals surface area contributed by atoms with Gasteiger partial charge in [0.25, 0.3) is 0 Å². The largest absolute Gasteiger partial charge is 0.478 e. The average Bonchev–Trinajstić information content (AvgIpc) is 2.38. The first-order valence-corrected chi connectivity index (χ1v) is 5.91. The fourth-order valence-corrected chi connectivity index (χ4v) is 2.21. The van der Waals surface area contributed by atoms with E-state index in [1.54, 1.807) is 0 Å². The lowest BCUT2D eigenvalue weighted by molar-refractivity contribution is -0.137. The van der Waals surface area contributed by atoms with E-state index in [4.69, 9.17) is 9.84 Å². The number of carbonyl (C=O) groups is 1. The number of hydrogen-bond acceptors (Lipinski definition) is 2. The molecular formula is C13H13F3O3. The third-order valence-electron chi connectivity index (χ3n) is 3.22. The first-order valence-electron chi connectivity index (χ1n) is 5.91. The maximum Gasteiger partial charge on any atom is 0.416 e. The molecule has 0 unspecified atom stereocenters. The Labute approximate surface area is 108 Å². The Morgan fingerprint density at radius 2 is 1.84 bits per heavy atom. The lowest BCUT2D eigenvalue weighted by atomic mass is 9.89. The molecule has 0 saturated carbocycles. The SMILES string of the molecule is O=C(O)c1cc(C2CCOCC2)cc(C(F)(F)F)c1. The quantitative estimate of drug-likeness (QED) is 0.900. The summed E-state index contributed by atoms with van der Waals surface area (Å²) < 4.78 is 43.4. The highest BCUT2D eigenvalue weighted by atomic mass is 19.4. The molecule has 1 aliphatic rings. The van der Waals surface area contributed by atoms with E-state index >= 15 is 0 Å². The molecular weight excluding hydrogens is 261 g/mol. The van der Waals surface area contributed by atoms with E-state index < -0.39 is 17.7 Å². The van der Waals surface area contributed by atoms with Gasteiger partial charge in [-0.05, 0) is 42.5 Å². The van der Waals surface area contributed by atoms with Crippen molar-refractivity contribution < 1.29 is 27.8 Å². The number of halogens is 3. The van der Waals surface area contributed by atoms with Gasteiger partial charge < -0.3 is 9.84 Å². The molecule has 1 aromatic rings. The summed E-state index contributed by atoms with van der Waals surface area (Å²) in [6.07, 6.45) is -3.31. The van der Waals surface area contributed by atoms with Gasteiger partial charge in [0.05, 0.1) is 11.1 Å². The minimum atomic E-state index is -4.54. The maximum atomic E-state index is 12.8. The number of benzene rings is 1. The number of hydrogen-bond donors (Lipinski definition) is 1. The molecule has 1 aromatic carbocycles. The van der Waals surface area contributed by atoms with Gasteiger partial charge in [-0.3, -0.25) is 0 Å². The van der Waals surface area contributed by atoms with Crippen molar-refractivity contribution in [2.75, 3.05) is 13.2 Å². The molecule has 0 spiro atoms. The molecule has 0 atom stereocenters. The van der Waals surface area contributed by atoms with Crippen LogP contribution in [0.4, 0.5) is 13.2 Å². The molecule has 0 bridgehead atoms. The van der Waals surface area contributed by atoms with Crippen molar-refractivity contribution in [2.24, 2.45) is 0 Å². The molecule has 2 rings (SSSR count). The van der Waals surface area contributed by atoms with Crippen LogP contribution in [0.3, 0.4) is 0 Å².